The van der Waals surface area contributed by atoms with Crippen LogP contribution in [0.15, 0.2) is 52.9 Å². The molecule has 24 heavy (non-hydrogen) atoms. The Balaban J connectivity index is 1.72. The lowest BCUT2D eigenvalue weighted by Crippen LogP contribution is -1.97. The van der Waals surface area contributed by atoms with Crippen LogP contribution in [-0.2, 0) is 6.54 Å². The number of furan rings is 1. The molecule has 3 aromatic rings. The zero-order valence-corrected chi connectivity index (χ0v) is 15.0. The number of anilines is 1. The second-order valence-corrected chi connectivity index (χ2v) is 6.41. The molecule has 0 bridgehead atoms. The van der Waals surface area contributed by atoms with Crippen LogP contribution in [0, 0.1) is 0 Å². The van der Waals surface area contributed by atoms with Gasteiger partial charge in [-0.1, -0.05) is 34.8 Å². The maximum atomic E-state index is 6.15. The van der Waals surface area contributed by atoms with Crippen molar-refractivity contribution >= 4 is 40.5 Å². The van der Waals surface area contributed by atoms with Gasteiger partial charge in [-0.05, 0) is 48.5 Å². The molecule has 0 atom stereocenters. The molecule has 0 aliphatic rings. The van der Waals surface area contributed by atoms with Crippen LogP contribution >= 0.6 is 34.8 Å². The molecule has 0 fully saturated rings. The Morgan fingerprint density at radius 1 is 0.958 bits per heavy atom. The zero-order valence-electron chi connectivity index (χ0n) is 12.8. The maximum Gasteiger partial charge on any atom is 0.137 e. The number of benzene rings is 2. The first-order chi connectivity index (χ1) is 11.5. The molecular weight excluding hydrogens is 369 g/mol. The average molecular weight is 383 g/mol. The highest BCUT2D eigenvalue weighted by molar-refractivity contribution is 6.35. The van der Waals surface area contributed by atoms with E-state index < -0.39 is 0 Å². The Hall–Kier alpha value is -1.81. The predicted octanol–water partition coefficient (Wildman–Crippen LogP) is 6.53. The van der Waals surface area contributed by atoms with E-state index in [4.69, 9.17) is 44.0 Å². The molecule has 1 heterocycles. The van der Waals surface area contributed by atoms with E-state index in [1.807, 2.05) is 30.3 Å². The Morgan fingerprint density at radius 2 is 1.71 bits per heavy atom. The summed E-state index contributed by atoms with van der Waals surface area (Å²) in [6, 6.07) is 14.6. The summed E-state index contributed by atoms with van der Waals surface area (Å²) in [6.45, 7) is 0.514. The van der Waals surface area contributed by atoms with Gasteiger partial charge in [0.1, 0.15) is 17.3 Å². The van der Waals surface area contributed by atoms with Crippen molar-refractivity contribution in [2.75, 3.05) is 12.4 Å². The first-order valence-electron chi connectivity index (χ1n) is 7.18. The highest BCUT2D eigenvalue weighted by atomic mass is 35.5. The Morgan fingerprint density at radius 3 is 2.38 bits per heavy atom. The molecule has 124 valence electrons. The Bertz CT molecular complexity index is 841. The van der Waals surface area contributed by atoms with Gasteiger partial charge in [-0.25, -0.2) is 0 Å². The summed E-state index contributed by atoms with van der Waals surface area (Å²) in [5.74, 6) is 2.15. The molecule has 0 aliphatic carbocycles. The molecule has 6 heteroatoms. The molecule has 3 rings (SSSR count). The van der Waals surface area contributed by atoms with Crippen molar-refractivity contribution in [2.45, 2.75) is 6.54 Å². The van der Waals surface area contributed by atoms with Gasteiger partial charge in [0.2, 0.25) is 0 Å². The van der Waals surface area contributed by atoms with Crippen molar-refractivity contribution in [3.8, 4) is 17.1 Å². The lowest BCUT2D eigenvalue weighted by atomic mass is 10.2. The van der Waals surface area contributed by atoms with Crippen LogP contribution in [0.2, 0.25) is 15.1 Å². The van der Waals surface area contributed by atoms with Crippen LogP contribution in [0.5, 0.6) is 5.75 Å². The van der Waals surface area contributed by atoms with Gasteiger partial charge in [-0.15, -0.1) is 0 Å². The maximum absolute atomic E-state index is 6.15. The van der Waals surface area contributed by atoms with Crippen LogP contribution in [-0.4, -0.2) is 7.11 Å². The molecule has 0 saturated carbocycles. The summed E-state index contributed by atoms with van der Waals surface area (Å²) < 4.78 is 11.0. The second-order valence-electron chi connectivity index (χ2n) is 5.13. The lowest BCUT2D eigenvalue weighted by molar-refractivity contribution is 0.415. The number of hydrogen-bond donors (Lipinski definition) is 1. The molecular formula is C18H14Cl3NO2. The molecule has 2 aromatic carbocycles. The summed E-state index contributed by atoms with van der Waals surface area (Å²) in [5.41, 5.74) is 1.72. The van der Waals surface area contributed by atoms with Gasteiger partial charge >= 0.3 is 0 Å². The van der Waals surface area contributed by atoms with E-state index in [1.165, 1.54) is 0 Å². The van der Waals surface area contributed by atoms with Gasteiger partial charge in [0.05, 0.1) is 18.7 Å². The number of ether oxygens (including phenoxy) is 1. The molecule has 0 spiro atoms. The van der Waals surface area contributed by atoms with E-state index in [9.17, 15) is 0 Å². The molecule has 0 saturated heterocycles. The van der Waals surface area contributed by atoms with Gasteiger partial charge in [-0.3, -0.25) is 0 Å². The van der Waals surface area contributed by atoms with Crippen molar-refractivity contribution in [3.63, 3.8) is 0 Å². The minimum atomic E-state index is 0.514. The molecule has 1 aromatic heterocycles. The predicted molar refractivity (Wildman–Crippen MR) is 99.5 cm³/mol. The van der Waals surface area contributed by atoms with E-state index in [0.29, 0.717) is 27.4 Å². The van der Waals surface area contributed by atoms with Gasteiger partial charge in [0.25, 0.3) is 0 Å². The fourth-order valence-corrected chi connectivity index (χ4v) is 3.08. The summed E-state index contributed by atoms with van der Waals surface area (Å²) in [7, 11) is 1.58. The van der Waals surface area contributed by atoms with Crippen LogP contribution in [0.4, 0.5) is 5.69 Å². The fraction of sp³-hybridized carbons (Fsp3) is 0.111. The molecule has 0 amide bonds. The van der Waals surface area contributed by atoms with E-state index in [-0.39, 0.29) is 0 Å². The Kier molecular flexibility index (Phi) is 5.24. The van der Waals surface area contributed by atoms with E-state index in [0.717, 1.165) is 22.8 Å². The summed E-state index contributed by atoms with van der Waals surface area (Å²) in [6.07, 6.45) is 0. The molecule has 1 N–H and O–H groups in total. The monoisotopic (exact) mass is 381 g/mol. The normalized spacial score (nSPS) is 10.7. The van der Waals surface area contributed by atoms with Crippen molar-refractivity contribution < 1.29 is 9.15 Å². The lowest BCUT2D eigenvalue weighted by Gasteiger charge is -2.06. The summed E-state index contributed by atoms with van der Waals surface area (Å²) >= 11 is 18.1. The number of rotatable bonds is 5. The number of methoxy groups -OCH3 is 1. The highest BCUT2D eigenvalue weighted by Gasteiger charge is 2.08. The first kappa shape index (κ1) is 17.0. The van der Waals surface area contributed by atoms with Crippen molar-refractivity contribution in [1.29, 1.82) is 0 Å². The largest absolute Gasteiger partial charge is 0.495 e. The van der Waals surface area contributed by atoms with Crippen LogP contribution in [0.1, 0.15) is 5.76 Å². The van der Waals surface area contributed by atoms with Gasteiger partial charge in [0.15, 0.2) is 0 Å². The SMILES string of the molecule is COc1ccc(-c2ccc(CNc3cc(Cl)cc(Cl)c3)o2)cc1Cl. The first-order valence-corrected chi connectivity index (χ1v) is 8.31. The van der Waals surface area contributed by atoms with Crippen LogP contribution in [0.25, 0.3) is 11.3 Å². The quantitative estimate of drug-likeness (QED) is 0.545. The third-order valence-electron chi connectivity index (χ3n) is 3.43. The molecule has 3 nitrogen and oxygen atoms in total. The van der Waals surface area contributed by atoms with E-state index in [1.54, 1.807) is 25.3 Å². The third kappa shape index (κ3) is 3.99. The van der Waals surface area contributed by atoms with Gasteiger partial charge < -0.3 is 14.5 Å². The van der Waals surface area contributed by atoms with Crippen LogP contribution in [0.3, 0.4) is 0 Å². The minimum absolute atomic E-state index is 0.514. The average Bonchev–Trinajstić information content (AvgIpc) is 3.01. The highest BCUT2D eigenvalue weighted by Crippen LogP contribution is 2.31. The topological polar surface area (TPSA) is 34.4 Å². The van der Waals surface area contributed by atoms with Crippen molar-refractivity contribution in [2.24, 2.45) is 0 Å². The molecule has 0 radical (unpaired) electrons. The smallest absolute Gasteiger partial charge is 0.137 e. The fourth-order valence-electron chi connectivity index (χ4n) is 2.29. The molecule has 0 unspecified atom stereocenters. The molecule has 0 aliphatic heterocycles. The van der Waals surface area contributed by atoms with Gasteiger partial charge in [0, 0.05) is 21.3 Å². The number of nitrogens with one attached hydrogen (secondary N) is 1. The van der Waals surface area contributed by atoms with E-state index >= 15 is 0 Å². The minimum Gasteiger partial charge on any atom is -0.495 e. The third-order valence-corrected chi connectivity index (χ3v) is 4.16. The second kappa shape index (κ2) is 7.39. The van der Waals surface area contributed by atoms with Crippen molar-refractivity contribution in [3.05, 3.63) is 69.4 Å². The zero-order chi connectivity index (χ0) is 17.1. The van der Waals surface area contributed by atoms with Crippen LogP contribution < -0.4 is 10.1 Å². The summed E-state index contributed by atoms with van der Waals surface area (Å²) in [5, 5.41) is 4.93. The number of halogens is 3. The number of hydrogen-bond acceptors (Lipinski definition) is 3. The standard InChI is InChI=1S/C18H14Cl3NO2/c1-23-18-4-2-11(6-16(18)21)17-5-3-15(24-17)10-22-14-8-12(19)7-13(20)9-14/h2-9,22H,10H2,1H3. The summed E-state index contributed by atoms with van der Waals surface area (Å²) in [4.78, 5) is 0. The van der Waals surface area contributed by atoms with Crippen molar-refractivity contribution in [1.82, 2.24) is 0 Å². The Labute approximate surface area is 155 Å². The van der Waals surface area contributed by atoms with Gasteiger partial charge in [-0.2, -0.15) is 0 Å². The van der Waals surface area contributed by atoms with E-state index in [2.05, 4.69) is 5.32 Å².